The number of anilines is 1. The van der Waals surface area contributed by atoms with Gasteiger partial charge in [-0.1, -0.05) is 29.3 Å². The molecule has 128 valence electrons. The van der Waals surface area contributed by atoms with Crippen LogP contribution in [0.1, 0.15) is 6.42 Å². The van der Waals surface area contributed by atoms with Crippen molar-refractivity contribution < 1.29 is 17.6 Å². The third-order valence-corrected chi connectivity index (χ3v) is 4.88. The highest BCUT2D eigenvalue weighted by atomic mass is 35.5. The lowest BCUT2D eigenvalue weighted by molar-refractivity contribution is -0.116. The van der Waals surface area contributed by atoms with E-state index in [4.69, 9.17) is 23.2 Å². The van der Waals surface area contributed by atoms with E-state index in [0.717, 1.165) is 6.07 Å². The van der Waals surface area contributed by atoms with E-state index in [2.05, 4.69) is 10.0 Å². The largest absolute Gasteiger partial charge is 0.324 e. The van der Waals surface area contributed by atoms with E-state index >= 15 is 0 Å². The predicted molar refractivity (Wildman–Crippen MR) is 91.3 cm³/mol. The fraction of sp³-hybridized carbons (Fsp3) is 0.133. The van der Waals surface area contributed by atoms with Crippen LogP contribution in [0.3, 0.4) is 0 Å². The van der Waals surface area contributed by atoms with Crippen LogP contribution in [-0.4, -0.2) is 20.9 Å². The van der Waals surface area contributed by atoms with Crippen LogP contribution in [0.5, 0.6) is 0 Å². The molecular weight excluding hydrogens is 378 g/mol. The van der Waals surface area contributed by atoms with Gasteiger partial charge in [0.2, 0.25) is 15.9 Å². The highest BCUT2D eigenvalue weighted by Gasteiger charge is 2.15. The van der Waals surface area contributed by atoms with E-state index in [1.807, 2.05) is 0 Å². The molecule has 2 aromatic carbocycles. The van der Waals surface area contributed by atoms with Gasteiger partial charge < -0.3 is 5.32 Å². The maximum absolute atomic E-state index is 13.6. The molecular formula is C15H13Cl2FN2O3S. The number of amides is 1. The number of rotatable bonds is 6. The van der Waals surface area contributed by atoms with E-state index in [0.29, 0.717) is 0 Å². The number of hydrogen-bond acceptors (Lipinski definition) is 3. The molecule has 0 aliphatic carbocycles. The Labute approximate surface area is 148 Å². The fourth-order valence-electron chi connectivity index (χ4n) is 1.82. The van der Waals surface area contributed by atoms with Crippen molar-refractivity contribution >= 4 is 44.8 Å². The van der Waals surface area contributed by atoms with Crippen molar-refractivity contribution in [1.82, 2.24) is 4.72 Å². The SMILES string of the molecule is O=C(CCNS(=O)(=O)c1cccc(Cl)c1)Nc1ccc(Cl)cc1F. The van der Waals surface area contributed by atoms with Gasteiger partial charge in [0.25, 0.3) is 0 Å². The molecule has 9 heteroatoms. The molecule has 0 spiro atoms. The Morgan fingerprint density at radius 1 is 1.08 bits per heavy atom. The zero-order valence-corrected chi connectivity index (χ0v) is 14.6. The van der Waals surface area contributed by atoms with Gasteiger partial charge in [0.1, 0.15) is 5.82 Å². The van der Waals surface area contributed by atoms with E-state index in [1.165, 1.54) is 30.3 Å². The molecule has 0 aliphatic heterocycles. The Bertz CT molecular complexity index is 860. The van der Waals surface area contributed by atoms with Crippen molar-refractivity contribution in [1.29, 1.82) is 0 Å². The Kier molecular flexibility index (Phi) is 6.17. The highest BCUT2D eigenvalue weighted by Crippen LogP contribution is 2.19. The lowest BCUT2D eigenvalue weighted by Crippen LogP contribution is -2.28. The molecule has 0 atom stereocenters. The van der Waals surface area contributed by atoms with E-state index in [1.54, 1.807) is 6.07 Å². The standard InChI is InChI=1S/C15H13Cl2FN2O3S/c16-10-2-1-3-12(8-10)24(22,23)19-7-6-15(21)20-14-5-4-11(17)9-13(14)18/h1-5,8-9,19H,6-7H2,(H,20,21). The summed E-state index contributed by atoms with van der Waals surface area (Å²) in [5, 5.41) is 2.84. The summed E-state index contributed by atoms with van der Waals surface area (Å²) in [7, 11) is -3.77. The molecule has 0 aromatic heterocycles. The topological polar surface area (TPSA) is 75.3 Å². The van der Waals surface area contributed by atoms with Gasteiger partial charge in [0.05, 0.1) is 10.6 Å². The van der Waals surface area contributed by atoms with Crippen molar-refractivity contribution in [2.75, 3.05) is 11.9 Å². The number of sulfonamides is 1. The monoisotopic (exact) mass is 390 g/mol. The first-order valence-electron chi connectivity index (χ1n) is 6.78. The Balaban J connectivity index is 1.90. The van der Waals surface area contributed by atoms with Gasteiger partial charge >= 0.3 is 0 Å². The lowest BCUT2D eigenvalue weighted by atomic mass is 10.3. The number of carbonyl (C=O) groups excluding carboxylic acids is 1. The number of benzene rings is 2. The molecule has 0 saturated heterocycles. The predicted octanol–water partition coefficient (Wildman–Crippen LogP) is 3.44. The fourth-order valence-corrected chi connectivity index (χ4v) is 3.31. The number of hydrogen-bond donors (Lipinski definition) is 2. The summed E-state index contributed by atoms with van der Waals surface area (Å²) >= 11 is 11.4. The molecule has 2 N–H and O–H groups in total. The molecule has 1 amide bonds. The van der Waals surface area contributed by atoms with Gasteiger partial charge in [-0.2, -0.15) is 0 Å². The molecule has 0 unspecified atom stereocenters. The van der Waals surface area contributed by atoms with E-state index in [-0.39, 0.29) is 33.6 Å². The first kappa shape index (κ1) is 18.7. The smallest absolute Gasteiger partial charge is 0.240 e. The van der Waals surface area contributed by atoms with E-state index in [9.17, 15) is 17.6 Å². The van der Waals surface area contributed by atoms with Crippen LogP contribution in [-0.2, 0) is 14.8 Å². The number of halogens is 3. The highest BCUT2D eigenvalue weighted by molar-refractivity contribution is 7.89. The van der Waals surface area contributed by atoms with Gasteiger partial charge in [0, 0.05) is 23.0 Å². The average molecular weight is 391 g/mol. The minimum atomic E-state index is -3.77. The number of nitrogens with one attached hydrogen (secondary N) is 2. The Hall–Kier alpha value is -1.67. The van der Waals surface area contributed by atoms with Crippen LogP contribution < -0.4 is 10.0 Å². The molecule has 0 fully saturated rings. The van der Waals surface area contributed by atoms with Gasteiger partial charge in [0.15, 0.2) is 0 Å². The third-order valence-electron chi connectivity index (χ3n) is 2.96. The van der Waals surface area contributed by atoms with Crippen LogP contribution in [0.15, 0.2) is 47.4 Å². The Morgan fingerprint density at radius 3 is 2.46 bits per heavy atom. The maximum atomic E-state index is 13.6. The van der Waals surface area contributed by atoms with Crippen molar-refractivity contribution in [2.24, 2.45) is 0 Å². The molecule has 0 radical (unpaired) electrons. The maximum Gasteiger partial charge on any atom is 0.240 e. The zero-order valence-electron chi connectivity index (χ0n) is 12.2. The first-order chi connectivity index (χ1) is 11.3. The van der Waals surface area contributed by atoms with Gasteiger partial charge in [-0.25, -0.2) is 17.5 Å². The summed E-state index contributed by atoms with van der Waals surface area (Å²) in [5.41, 5.74) is -0.0258. The molecule has 2 rings (SSSR count). The first-order valence-corrected chi connectivity index (χ1v) is 9.02. The van der Waals surface area contributed by atoms with Crippen LogP contribution in [0, 0.1) is 5.82 Å². The third kappa shape index (κ3) is 5.17. The molecule has 0 heterocycles. The molecule has 5 nitrogen and oxygen atoms in total. The lowest BCUT2D eigenvalue weighted by Gasteiger charge is -2.08. The zero-order chi connectivity index (χ0) is 17.7. The second-order valence-electron chi connectivity index (χ2n) is 4.78. The summed E-state index contributed by atoms with van der Waals surface area (Å²) in [4.78, 5) is 11.8. The van der Waals surface area contributed by atoms with Gasteiger partial charge in [-0.05, 0) is 36.4 Å². The second-order valence-corrected chi connectivity index (χ2v) is 7.42. The summed E-state index contributed by atoms with van der Waals surface area (Å²) in [6.45, 7) is -0.143. The van der Waals surface area contributed by atoms with Crippen LogP contribution >= 0.6 is 23.2 Å². The quantitative estimate of drug-likeness (QED) is 0.792. The van der Waals surface area contributed by atoms with Crippen molar-refractivity contribution in [2.45, 2.75) is 11.3 Å². The molecule has 24 heavy (non-hydrogen) atoms. The van der Waals surface area contributed by atoms with Crippen molar-refractivity contribution in [3.63, 3.8) is 0 Å². The molecule has 0 saturated carbocycles. The van der Waals surface area contributed by atoms with Crippen molar-refractivity contribution in [3.05, 3.63) is 58.3 Å². The van der Waals surface area contributed by atoms with Crippen LogP contribution in [0.2, 0.25) is 10.0 Å². The van der Waals surface area contributed by atoms with Gasteiger partial charge in [-0.15, -0.1) is 0 Å². The average Bonchev–Trinajstić information content (AvgIpc) is 2.50. The minimum Gasteiger partial charge on any atom is -0.324 e. The van der Waals surface area contributed by atoms with E-state index < -0.39 is 21.7 Å². The summed E-state index contributed by atoms with van der Waals surface area (Å²) in [6, 6.07) is 9.57. The number of carbonyl (C=O) groups is 1. The second kappa shape index (κ2) is 7.94. The molecule has 0 aliphatic rings. The summed E-state index contributed by atoms with van der Waals surface area (Å²) < 4.78 is 39.9. The molecule has 2 aromatic rings. The van der Waals surface area contributed by atoms with Crippen LogP contribution in [0.25, 0.3) is 0 Å². The Morgan fingerprint density at radius 2 is 1.79 bits per heavy atom. The minimum absolute atomic E-state index is 0.000783. The van der Waals surface area contributed by atoms with Crippen molar-refractivity contribution in [3.8, 4) is 0 Å². The normalized spacial score (nSPS) is 11.3. The molecule has 0 bridgehead atoms. The summed E-state index contributed by atoms with van der Waals surface area (Å²) in [6.07, 6.45) is -0.165. The van der Waals surface area contributed by atoms with Gasteiger partial charge in [-0.3, -0.25) is 4.79 Å². The van der Waals surface area contributed by atoms with Crippen LogP contribution in [0.4, 0.5) is 10.1 Å². The summed E-state index contributed by atoms with van der Waals surface area (Å²) in [5.74, 6) is -1.21.